The molecule has 0 radical (unpaired) electrons. The van der Waals surface area contributed by atoms with Gasteiger partial charge in [0, 0.05) is 19.7 Å². The molecule has 1 heterocycles. The van der Waals surface area contributed by atoms with E-state index in [2.05, 4.69) is 9.97 Å². The highest BCUT2D eigenvalue weighted by Gasteiger charge is 2.35. The number of halogens is 4. The van der Waals surface area contributed by atoms with Gasteiger partial charge in [-0.15, -0.1) is 0 Å². The van der Waals surface area contributed by atoms with Crippen LogP contribution in [0.2, 0.25) is 5.15 Å². The quantitative estimate of drug-likeness (QED) is 0.616. The molecular formula is C10H13ClF3N3S. The minimum Gasteiger partial charge on any atom is -0.359 e. The lowest BCUT2D eigenvalue weighted by Crippen LogP contribution is -2.22. The summed E-state index contributed by atoms with van der Waals surface area (Å²) in [6, 6.07) is 1.33. The molecule has 0 N–H and O–H groups in total. The van der Waals surface area contributed by atoms with Crippen molar-refractivity contribution < 1.29 is 13.2 Å². The fraction of sp³-hybridized carbons (Fsp3) is 0.600. The Hall–Kier alpha value is -0.690. The van der Waals surface area contributed by atoms with Crippen molar-refractivity contribution >= 4 is 29.2 Å². The minimum atomic E-state index is -4.58. The molecule has 0 amide bonds. The summed E-state index contributed by atoms with van der Waals surface area (Å²) in [6.07, 6.45) is -1.75. The van der Waals surface area contributed by atoms with Gasteiger partial charge in [0.25, 0.3) is 0 Å². The molecule has 0 saturated heterocycles. The van der Waals surface area contributed by atoms with Crippen molar-refractivity contribution in [1.29, 1.82) is 0 Å². The highest BCUT2D eigenvalue weighted by atomic mass is 35.5. The number of hydrogen-bond acceptors (Lipinski definition) is 4. The Labute approximate surface area is 113 Å². The number of hydrogen-bond donors (Lipinski definition) is 0. The minimum absolute atomic E-state index is 0.184. The Bertz CT molecular complexity index is 400. The zero-order valence-electron chi connectivity index (χ0n) is 9.96. The number of aromatic nitrogens is 2. The molecule has 0 aromatic carbocycles. The summed E-state index contributed by atoms with van der Waals surface area (Å²) >= 11 is 7.26. The molecule has 1 rings (SSSR count). The molecule has 0 aliphatic heterocycles. The number of thioether (sulfide) groups is 1. The number of rotatable bonds is 5. The molecule has 0 fully saturated rings. The standard InChI is InChI=1S/C10H13ClF3N3S/c1-17(4-3-5-18-2)8-6-7(11)15-9(16-8)10(12,13)14/h6H,3-5H2,1-2H3. The molecule has 0 bridgehead atoms. The monoisotopic (exact) mass is 299 g/mol. The second-order valence-corrected chi connectivity index (χ2v) is 5.01. The van der Waals surface area contributed by atoms with Gasteiger partial charge in [0.15, 0.2) is 0 Å². The van der Waals surface area contributed by atoms with E-state index in [1.807, 2.05) is 6.26 Å². The molecule has 8 heteroatoms. The van der Waals surface area contributed by atoms with Crippen LogP contribution in [0, 0.1) is 0 Å². The second-order valence-electron chi connectivity index (χ2n) is 3.64. The fourth-order valence-electron chi connectivity index (χ4n) is 1.29. The van der Waals surface area contributed by atoms with Gasteiger partial charge in [0.2, 0.25) is 5.82 Å². The number of alkyl halides is 3. The maximum absolute atomic E-state index is 12.5. The van der Waals surface area contributed by atoms with Gasteiger partial charge in [-0.05, 0) is 18.4 Å². The maximum Gasteiger partial charge on any atom is 0.451 e. The van der Waals surface area contributed by atoms with E-state index in [0.717, 1.165) is 12.2 Å². The first kappa shape index (κ1) is 15.4. The predicted molar refractivity (Wildman–Crippen MR) is 68.3 cm³/mol. The third-order valence-corrected chi connectivity index (χ3v) is 3.06. The van der Waals surface area contributed by atoms with Crippen molar-refractivity contribution in [3.8, 4) is 0 Å². The van der Waals surface area contributed by atoms with Gasteiger partial charge in [-0.1, -0.05) is 11.6 Å². The third kappa shape index (κ3) is 4.53. The second kappa shape index (κ2) is 6.47. The first-order chi connectivity index (χ1) is 8.34. The summed E-state index contributed by atoms with van der Waals surface area (Å²) in [5.74, 6) is -0.0832. The summed E-state index contributed by atoms with van der Waals surface area (Å²) in [4.78, 5) is 8.30. The van der Waals surface area contributed by atoms with Gasteiger partial charge in [0.05, 0.1) is 0 Å². The van der Waals surface area contributed by atoms with E-state index < -0.39 is 12.0 Å². The van der Waals surface area contributed by atoms with Crippen LogP contribution in [-0.4, -0.2) is 35.6 Å². The summed E-state index contributed by atoms with van der Waals surface area (Å²) in [6.45, 7) is 0.617. The molecular weight excluding hydrogens is 287 g/mol. The molecule has 0 saturated carbocycles. The number of nitrogens with zero attached hydrogens (tertiary/aromatic N) is 3. The molecule has 0 spiro atoms. The highest BCUT2D eigenvalue weighted by molar-refractivity contribution is 7.98. The molecule has 3 nitrogen and oxygen atoms in total. The van der Waals surface area contributed by atoms with Gasteiger partial charge >= 0.3 is 6.18 Å². The van der Waals surface area contributed by atoms with Crippen molar-refractivity contribution in [3.63, 3.8) is 0 Å². The van der Waals surface area contributed by atoms with E-state index in [4.69, 9.17) is 11.6 Å². The van der Waals surface area contributed by atoms with Crippen molar-refractivity contribution in [2.75, 3.05) is 30.5 Å². The number of anilines is 1. The van der Waals surface area contributed by atoms with Gasteiger partial charge in [-0.2, -0.15) is 24.9 Å². The van der Waals surface area contributed by atoms with E-state index in [-0.39, 0.29) is 11.0 Å². The molecule has 102 valence electrons. The van der Waals surface area contributed by atoms with Crippen molar-refractivity contribution in [2.45, 2.75) is 12.6 Å². The van der Waals surface area contributed by atoms with E-state index >= 15 is 0 Å². The van der Waals surface area contributed by atoms with Crippen LogP contribution in [0.15, 0.2) is 6.07 Å². The maximum atomic E-state index is 12.5. The lowest BCUT2D eigenvalue weighted by Gasteiger charge is -2.19. The Balaban J connectivity index is 2.85. The zero-order valence-corrected chi connectivity index (χ0v) is 11.5. The first-order valence-electron chi connectivity index (χ1n) is 5.16. The third-order valence-electron chi connectivity index (χ3n) is 2.17. The first-order valence-corrected chi connectivity index (χ1v) is 6.93. The highest BCUT2D eigenvalue weighted by Crippen LogP contribution is 2.28. The topological polar surface area (TPSA) is 29.0 Å². The average molecular weight is 300 g/mol. The van der Waals surface area contributed by atoms with Gasteiger partial charge in [0.1, 0.15) is 11.0 Å². The Kier molecular flexibility index (Phi) is 5.52. The van der Waals surface area contributed by atoms with Crippen LogP contribution in [0.4, 0.5) is 19.0 Å². The molecule has 0 aliphatic rings. The Morgan fingerprint density at radius 3 is 2.61 bits per heavy atom. The molecule has 0 aliphatic carbocycles. The van der Waals surface area contributed by atoms with Crippen molar-refractivity contribution in [3.05, 3.63) is 17.0 Å². The Morgan fingerprint density at radius 1 is 1.39 bits per heavy atom. The van der Waals surface area contributed by atoms with E-state index in [1.165, 1.54) is 6.07 Å². The average Bonchev–Trinajstić information content (AvgIpc) is 2.27. The van der Waals surface area contributed by atoms with E-state index in [1.54, 1.807) is 23.7 Å². The largest absolute Gasteiger partial charge is 0.451 e. The molecule has 1 aromatic heterocycles. The zero-order chi connectivity index (χ0) is 13.8. The van der Waals surface area contributed by atoms with Crippen LogP contribution < -0.4 is 4.90 Å². The van der Waals surface area contributed by atoms with Crippen LogP contribution >= 0.6 is 23.4 Å². The van der Waals surface area contributed by atoms with Crippen LogP contribution in [-0.2, 0) is 6.18 Å². The normalized spacial score (nSPS) is 11.7. The van der Waals surface area contributed by atoms with Gasteiger partial charge in [-0.3, -0.25) is 0 Å². The van der Waals surface area contributed by atoms with Crippen LogP contribution in [0.5, 0.6) is 0 Å². The van der Waals surface area contributed by atoms with Crippen LogP contribution in [0.3, 0.4) is 0 Å². The van der Waals surface area contributed by atoms with E-state index in [9.17, 15) is 13.2 Å². The van der Waals surface area contributed by atoms with Gasteiger partial charge < -0.3 is 4.90 Å². The fourth-order valence-corrected chi connectivity index (χ4v) is 1.88. The van der Waals surface area contributed by atoms with Crippen molar-refractivity contribution in [2.24, 2.45) is 0 Å². The lowest BCUT2D eigenvalue weighted by atomic mass is 10.4. The summed E-state index contributed by atoms with van der Waals surface area (Å²) in [5.41, 5.74) is 0. The summed E-state index contributed by atoms with van der Waals surface area (Å²) in [5, 5.41) is -0.205. The molecule has 0 atom stereocenters. The molecule has 0 unspecified atom stereocenters. The SMILES string of the molecule is CSCCCN(C)c1cc(Cl)nc(C(F)(F)F)n1. The smallest absolute Gasteiger partial charge is 0.359 e. The molecule has 1 aromatic rings. The van der Waals surface area contributed by atoms with Crippen molar-refractivity contribution in [1.82, 2.24) is 9.97 Å². The van der Waals surface area contributed by atoms with Crippen LogP contribution in [0.1, 0.15) is 12.2 Å². The van der Waals surface area contributed by atoms with E-state index in [0.29, 0.717) is 6.54 Å². The molecule has 18 heavy (non-hydrogen) atoms. The predicted octanol–water partition coefficient (Wildman–Crippen LogP) is 3.34. The Morgan fingerprint density at radius 2 is 2.06 bits per heavy atom. The van der Waals surface area contributed by atoms with Gasteiger partial charge in [-0.25, -0.2) is 9.97 Å². The lowest BCUT2D eigenvalue weighted by molar-refractivity contribution is -0.144. The summed E-state index contributed by atoms with van der Waals surface area (Å²) < 4.78 is 37.5. The van der Waals surface area contributed by atoms with Crippen LogP contribution in [0.25, 0.3) is 0 Å². The summed E-state index contributed by atoms with van der Waals surface area (Å²) in [7, 11) is 1.68.